The molecule has 1 fully saturated rings. The van der Waals surface area contributed by atoms with Crippen LogP contribution in [-0.2, 0) is 4.74 Å². The van der Waals surface area contributed by atoms with Crippen LogP contribution in [0.4, 0.5) is 0 Å². The summed E-state index contributed by atoms with van der Waals surface area (Å²) in [7, 11) is 1.86. The van der Waals surface area contributed by atoms with Crippen LogP contribution in [-0.4, -0.2) is 48.8 Å². The predicted octanol–water partition coefficient (Wildman–Crippen LogP) is 1.77. The van der Waals surface area contributed by atoms with Crippen molar-refractivity contribution in [2.45, 2.75) is 64.3 Å². The van der Waals surface area contributed by atoms with Crippen molar-refractivity contribution in [1.29, 1.82) is 5.26 Å². The van der Waals surface area contributed by atoms with Gasteiger partial charge in [-0.1, -0.05) is 6.92 Å². The molecule has 104 valence electrons. The van der Waals surface area contributed by atoms with Gasteiger partial charge < -0.3 is 10.1 Å². The van der Waals surface area contributed by atoms with E-state index in [2.05, 4.69) is 37.1 Å². The Morgan fingerprint density at radius 1 is 1.61 bits per heavy atom. The number of rotatable bonds is 5. The van der Waals surface area contributed by atoms with Crippen molar-refractivity contribution >= 4 is 0 Å². The Hall–Kier alpha value is -0.630. The molecule has 0 spiro atoms. The van der Waals surface area contributed by atoms with Crippen molar-refractivity contribution in [1.82, 2.24) is 10.2 Å². The Bertz CT molecular complexity index is 302. The van der Waals surface area contributed by atoms with E-state index in [1.165, 1.54) is 0 Å². The Morgan fingerprint density at radius 2 is 2.28 bits per heavy atom. The fourth-order valence-corrected chi connectivity index (χ4v) is 2.67. The number of nitrogens with one attached hydrogen (secondary N) is 1. The number of hydrogen-bond acceptors (Lipinski definition) is 4. The molecule has 0 aliphatic carbocycles. The molecular formula is C14H27N3O. The van der Waals surface area contributed by atoms with Gasteiger partial charge in [0.25, 0.3) is 0 Å². The van der Waals surface area contributed by atoms with Gasteiger partial charge in [-0.05, 0) is 40.7 Å². The minimum absolute atomic E-state index is 0.290. The van der Waals surface area contributed by atoms with E-state index in [0.29, 0.717) is 12.1 Å². The van der Waals surface area contributed by atoms with Crippen LogP contribution >= 0.6 is 0 Å². The van der Waals surface area contributed by atoms with Crippen LogP contribution in [0.5, 0.6) is 0 Å². The molecule has 1 aliphatic heterocycles. The molecule has 0 saturated carbocycles. The van der Waals surface area contributed by atoms with Gasteiger partial charge in [0.1, 0.15) is 5.54 Å². The average Bonchev–Trinajstić information content (AvgIpc) is 2.38. The molecule has 0 aromatic carbocycles. The summed E-state index contributed by atoms with van der Waals surface area (Å²) in [5, 5.41) is 12.4. The van der Waals surface area contributed by atoms with Gasteiger partial charge in [0.15, 0.2) is 0 Å². The van der Waals surface area contributed by atoms with E-state index in [0.717, 1.165) is 26.0 Å². The van der Waals surface area contributed by atoms with E-state index >= 15 is 0 Å². The first-order valence-electron chi connectivity index (χ1n) is 6.93. The Kier molecular flexibility index (Phi) is 5.58. The molecule has 0 aromatic heterocycles. The number of nitrogens with zero attached hydrogens (tertiary/aromatic N) is 2. The van der Waals surface area contributed by atoms with Gasteiger partial charge in [-0.15, -0.1) is 0 Å². The first-order chi connectivity index (χ1) is 8.45. The minimum Gasteiger partial charge on any atom is -0.376 e. The van der Waals surface area contributed by atoms with Crippen molar-refractivity contribution in [3.05, 3.63) is 0 Å². The highest BCUT2D eigenvalue weighted by Gasteiger charge is 2.33. The van der Waals surface area contributed by atoms with E-state index in [-0.39, 0.29) is 6.10 Å². The van der Waals surface area contributed by atoms with Crippen LogP contribution in [0.15, 0.2) is 0 Å². The highest BCUT2D eigenvalue weighted by Crippen LogP contribution is 2.22. The van der Waals surface area contributed by atoms with E-state index < -0.39 is 5.54 Å². The molecule has 1 saturated heterocycles. The van der Waals surface area contributed by atoms with Gasteiger partial charge in [0.2, 0.25) is 0 Å². The van der Waals surface area contributed by atoms with Gasteiger partial charge in [0.05, 0.1) is 18.8 Å². The van der Waals surface area contributed by atoms with Crippen LogP contribution < -0.4 is 5.32 Å². The van der Waals surface area contributed by atoms with Crippen LogP contribution in [0, 0.1) is 11.3 Å². The number of morpholine rings is 1. The Morgan fingerprint density at radius 3 is 2.78 bits per heavy atom. The second-order valence-electron chi connectivity index (χ2n) is 5.65. The molecule has 1 heterocycles. The summed E-state index contributed by atoms with van der Waals surface area (Å²) < 4.78 is 5.72. The lowest BCUT2D eigenvalue weighted by molar-refractivity contribution is -0.0727. The van der Waals surface area contributed by atoms with Crippen molar-refractivity contribution < 1.29 is 4.74 Å². The highest BCUT2D eigenvalue weighted by atomic mass is 16.5. The maximum absolute atomic E-state index is 9.25. The Balaban J connectivity index is 2.68. The van der Waals surface area contributed by atoms with Crippen LogP contribution in [0.25, 0.3) is 0 Å². The second kappa shape index (κ2) is 6.51. The van der Waals surface area contributed by atoms with Gasteiger partial charge in [-0.2, -0.15) is 5.26 Å². The maximum Gasteiger partial charge on any atom is 0.105 e. The van der Waals surface area contributed by atoms with Crippen LogP contribution in [0.1, 0.15) is 40.5 Å². The third-order valence-electron chi connectivity index (χ3n) is 4.05. The summed E-state index contributed by atoms with van der Waals surface area (Å²) >= 11 is 0. The third kappa shape index (κ3) is 3.68. The smallest absolute Gasteiger partial charge is 0.105 e. The lowest BCUT2D eigenvalue weighted by atomic mass is 9.93. The quantitative estimate of drug-likeness (QED) is 0.811. The lowest BCUT2D eigenvalue weighted by Crippen LogP contribution is -2.55. The zero-order valence-electron chi connectivity index (χ0n) is 12.4. The van der Waals surface area contributed by atoms with Gasteiger partial charge in [0, 0.05) is 18.6 Å². The van der Waals surface area contributed by atoms with Gasteiger partial charge in [-0.3, -0.25) is 4.90 Å². The molecule has 0 bridgehead atoms. The fourth-order valence-electron chi connectivity index (χ4n) is 2.67. The number of hydrogen-bond donors (Lipinski definition) is 1. The topological polar surface area (TPSA) is 48.3 Å². The molecule has 1 rings (SSSR count). The van der Waals surface area contributed by atoms with Gasteiger partial charge >= 0.3 is 0 Å². The SMILES string of the molecule is CCC1COC(C)CN1C(C)CC(C)(C#N)NC. The van der Waals surface area contributed by atoms with E-state index in [1.807, 2.05) is 14.0 Å². The van der Waals surface area contributed by atoms with Crippen LogP contribution in [0.3, 0.4) is 0 Å². The minimum atomic E-state index is -0.445. The molecule has 1 aliphatic rings. The fraction of sp³-hybridized carbons (Fsp3) is 0.929. The summed E-state index contributed by atoms with van der Waals surface area (Å²) in [5.74, 6) is 0. The van der Waals surface area contributed by atoms with Crippen molar-refractivity contribution in [3.63, 3.8) is 0 Å². The number of ether oxygens (including phenoxy) is 1. The molecule has 0 radical (unpaired) electrons. The molecule has 0 amide bonds. The monoisotopic (exact) mass is 253 g/mol. The summed E-state index contributed by atoms with van der Waals surface area (Å²) in [6.45, 7) is 10.3. The molecule has 0 aromatic rings. The molecule has 4 heteroatoms. The Labute approximate surface area is 111 Å². The molecule has 4 unspecified atom stereocenters. The average molecular weight is 253 g/mol. The van der Waals surface area contributed by atoms with Crippen molar-refractivity contribution in [2.75, 3.05) is 20.2 Å². The molecule has 18 heavy (non-hydrogen) atoms. The van der Waals surface area contributed by atoms with E-state index in [9.17, 15) is 5.26 Å². The summed E-state index contributed by atoms with van der Waals surface area (Å²) in [5.41, 5.74) is -0.445. The predicted molar refractivity (Wildman–Crippen MR) is 73.4 cm³/mol. The van der Waals surface area contributed by atoms with E-state index in [4.69, 9.17) is 4.74 Å². The largest absolute Gasteiger partial charge is 0.376 e. The third-order valence-corrected chi connectivity index (χ3v) is 4.05. The first-order valence-corrected chi connectivity index (χ1v) is 6.93. The van der Waals surface area contributed by atoms with Crippen molar-refractivity contribution in [2.24, 2.45) is 0 Å². The zero-order chi connectivity index (χ0) is 13.8. The van der Waals surface area contributed by atoms with E-state index in [1.54, 1.807) is 0 Å². The second-order valence-corrected chi connectivity index (χ2v) is 5.65. The number of nitriles is 1. The zero-order valence-corrected chi connectivity index (χ0v) is 12.4. The maximum atomic E-state index is 9.25. The molecular weight excluding hydrogens is 226 g/mol. The van der Waals surface area contributed by atoms with Gasteiger partial charge in [-0.25, -0.2) is 0 Å². The molecule has 1 N–H and O–H groups in total. The lowest BCUT2D eigenvalue weighted by Gasteiger charge is -2.43. The van der Waals surface area contributed by atoms with Crippen LogP contribution in [0.2, 0.25) is 0 Å². The summed E-state index contributed by atoms with van der Waals surface area (Å²) in [4.78, 5) is 2.50. The highest BCUT2D eigenvalue weighted by molar-refractivity contribution is 5.05. The normalized spacial score (nSPS) is 30.4. The van der Waals surface area contributed by atoms with Crippen molar-refractivity contribution in [3.8, 4) is 6.07 Å². The summed E-state index contributed by atoms with van der Waals surface area (Å²) in [6.07, 6.45) is 2.22. The standard InChI is InChI=1S/C14H27N3O/c1-6-13-9-18-12(3)8-17(13)11(2)7-14(4,10-15)16-5/h11-13,16H,6-9H2,1-5H3. The molecule has 4 atom stereocenters. The first kappa shape index (κ1) is 15.4. The molecule has 4 nitrogen and oxygen atoms in total. The summed E-state index contributed by atoms with van der Waals surface area (Å²) in [6, 6.07) is 3.24.